The molecule has 144 valence electrons. The topological polar surface area (TPSA) is 75.7 Å². The van der Waals surface area contributed by atoms with Crippen molar-refractivity contribution in [3.63, 3.8) is 0 Å². The lowest BCUT2D eigenvalue weighted by molar-refractivity contribution is 0.0730. The van der Waals surface area contributed by atoms with Gasteiger partial charge in [-0.15, -0.1) is 0 Å². The van der Waals surface area contributed by atoms with E-state index in [-0.39, 0.29) is 10.8 Å². The van der Waals surface area contributed by atoms with Gasteiger partial charge in [-0.05, 0) is 48.4 Å². The molecule has 1 heterocycles. The highest BCUT2D eigenvalue weighted by atomic mass is 79.9. The zero-order chi connectivity index (χ0) is 19.4. The molecule has 0 spiro atoms. The van der Waals surface area contributed by atoms with Crippen LogP contribution in [0.25, 0.3) is 0 Å². The van der Waals surface area contributed by atoms with Crippen molar-refractivity contribution in [2.75, 3.05) is 31.6 Å². The Balaban J connectivity index is 1.90. The van der Waals surface area contributed by atoms with E-state index in [1.807, 2.05) is 19.1 Å². The maximum Gasteiger partial charge on any atom is 0.255 e. The van der Waals surface area contributed by atoms with Crippen molar-refractivity contribution in [2.24, 2.45) is 0 Å². The number of aryl methyl sites for hydroxylation is 1. The van der Waals surface area contributed by atoms with Crippen LogP contribution in [0.3, 0.4) is 0 Å². The van der Waals surface area contributed by atoms with E-state index in [1.54, 1.807) is 24.3 Å². The first-order valence-corrected chi connectivity index (χ1v) is 10.9. The summed E-state index contributed by atoms with van der Waals surface area (Å²) in [5.41, 5.74) is 1.64. The number of anilines is 1. The third-order valence-electron chi connectivity index (χ3n) is 4.40. The molecule has 1 saturated heterocycles. The fraction of sp³-hybridized carbons (Fsp3) is 0.316. The molecule has 0 bridgehead atoms. The number of nitrogens with one attached hydrogen (secondary N) is 1. The minimum atomic E-state index is -3.67. The average Bonchev–Trinajstić information content (AvgIpc) is 2.69. The summed E-state index contributed by atoms with van der Waals surface area (Å²) in [4.78, 5) is 12.8. The van der Waals surface area contributed by atoms with E-state index >= 15 is 0 Å². The number of rotatable bonds is 5. The van der Waals surface area contributed by atoms with E-state index < -0.39 is 10.0 Å². The summed E-state index contributed by atoms with van der Waals surface area (Å²) in [6.45, 7) is 3.30. The summed E-state index contributed by atoms with van der Waals surface area (Å²) in [6, 6.07) is 12.0. The highest BCUT2D eigenvalue weighted by molar-refractivity contribution is 9.10. The second kappa shape index (κ2) is 8.52. The number of nitrogens with zero attached hydrogens (tertiary/aromatic N) is 1. The lowest BCUT2D eigenvalue weighted by atomic mass is 10.1. The number of hydrogen-bond donors (Lipinski definition) is 1. The zero-order valence-electron chi connectivity index (χ0n) is 14.9. The molecule has 2 aromatic carbocycles. The highest BCUT2D eigenvalue weighted by Crippen LogP contribution is 2.24. The van der Waals surface area contributed by atoms with Gasteiger partial charge < -0.3 is 10.1 Å². The van der Waals surface area contributed by atoms with Crippen molar-refractivity contribution in [1.82, 2.24) is 4.31 Å². The number of benzene rings is 2. The van der Waals surface area contributed by atoms with Gasteiger partial charge in [0.2, 0.25) is 10.0 Å². The third-order valence-corrected chi connectivity index (χ3v) is 6.91. The molecule has 0 atom stereocenters. The molecule has 0 aromatic heterocycles. The lowest BCUT2D eigenvalue weighted by Gasteiger charge is -2.27. The van der Waals surface area contributed by atoms with Crippen LogP contribution in [-0.2, 0) is 21.2 Å². The monoisotopic (exact) mass is 452 g/mol. The predicted molar refractivity (Wildman–Crippen MR) is 107 cm³/mol. The van der Waals surface area contributed by atoms with Gasteiger partial charge in [-0.25, -0.2) is 8.42 Å². The molecule has 6 nitrogen and oxygen atoms in total. The van der Waals surface area contributed by atoms with Crippen LogP contribution in [0.5, 0.6) is 0 Å². The van der Waals surface area contributed by atoms with Gasteiger partial charge in [0, 0.05) is 28.8 Å². The van der Waals surface area contributed by atoms with E-state index in [4.69, 9.17) is 4.74 Å². The van der Waals surface area contributed by atoms with E-state index in [9.17, 15) is 13.2 Å². The second-order valence-electron chi connectivity index (χ2n) is 6.15. The van der Waals surface area contributed by atoms with Crippen molar-refractivity contribution >= 4 is 37.5 Å². The summed E-state index contributed by atoms with van der Waals surface area (Å²) in [5, 5.41) is 2.79. The SMILES string of the molecule is CCc1ccc(C(=O)Nc2ccc(Br)cc2)cc1S(=O)(=O)N1CCOCC1. The number of hydrogen-bond acceptors (Lipinski definition) is 4. The fourth-order valence-corrected chi connectivity index (χ4v) is 4.88. The van der Waals surface area contributed by atoms with Crippen LogP contribution in [0.1, 0.15) is 22.8 Å². The Morgan fingerprint density at radius 3 is 2.44 bits per heavy atom. The molecule has 0 aliphatic carbocycles. The van der Waals surface area contributed by atoms with Gasteiger partial charge in [-0.3, -0.25) is 4.79 Å². The van der Waals surface area contributed by atoms with Gasteiger partial charge in [0.1, 0.15) is 0 Å². The van der Waals surface area contributed by atoms with Gasteiger partial charge in [0.15, 0.2) is 0 Å². The van der Waals surface area contributed by atoms with Gasteiger partial charge in [0.05, 0.1) is 18.1 Å². The van der Waals surface area contributed by atoms with Gasteiger partial charge in [-0.1, -0.05) is 28.9 Å². The number of morpholine rings is 1. The van der Waals surface area contributed by atoms with Gasteiger partial charge in [-0.2, -0.15) is 4.31 Å². The smallest absolute Gasteiger partial charge is 0.255 e. The predicted octanol–water partition coefficient (Wildman–Crippen LogP) is 3.28. The van der Waals surface area contributed by atoms with Crippen LogP contribution in [0.2, 0.25) is 0 Å². The number of carbonyl (C=O) groups is 1. The summed E-state index contributed by atoms with van der Waals surface area (Å²) < 4.78 is 33.7. The second-order valence-corrected chi connectivity index (χ2v) is 8.98. The van der Waals surface area contributed by atoms with E-state index in [2.05, 4.69) is 21.2 Å². The molecule has 27 heavy (non-hydrogen) atoms. The van der Waals surface area contributed by atoms with Crippen molar-refractivity contribution in [2.45, 2.75) is 18.2 Å². The molecule has 2 aromatic rings. The molecule has 1 aliphatic heterocycles. The van der Waals surface area contributed by atoms with Crippen molar-refractivity contribution < 1.29 is 17.9 Å². The molecule has 1 fully saturated rings. The normalized spacial score (nSPS) is 15.5. The molecular formula is C19H21BrN2O4S. The minimum absolute atomic E-state index is 0.190. The molecule has 0 unspecified atom stereocenters. The average molecular weight is 453 g/mol. The quantitative estimate of drug-likeness (QED) is 0.754. The Kier molecular flexibility index (Phi) is 6.31. The van der Waals surface area contributed by atoms with Crippen LogP contribution >= 0.6 is 15.9 Å². The minimum Gasteiger partial charge on any atom is -0.379 e. The van der Waals surface area contributed by atoms with Crippen LogP contribution in [-0.4, -0.2) is 44.9 Å². The standard InChI is InChI=1S/C19H21BrN2O4S/c1-2-14-3-4-15(19(23)21-17-7-5-16(20)6-8-17)13-18(14)27(24,25)22-9-11-26-12-10-22/h3-8,13H,2,9-12H2,1H3,(H,21,23). The van der Waals surface area contributed by atoms with Crippen molar-refractivity contribution in [1.29, 1.82) is 0 Å². The maximum atomic E-state index is 13.1. The maximum absolute atomic E-state index is 13.1. The number of carbonyl (C=O) groups excluding carboxylic acids is 1. The molecule has 3 rings (SSSR count). The van der Waals surface area contributed by atoms with E-state index in [1.165, 1.54) is 10.4 Å². The van der Waals surface area contributed by atoms with Crippen molar-refractivity contribution in [3.8, 4) is 0 Å². The first-order valence-electron chi connectivity index (χ1n) is 8.69. The van der Waals surface area contributed by atoms with E-state index in [0.29, 0.717) is 49.5 Å². The number of amides is 1. The third kappa shape index (κ3) is 4.57. The Hall–Kier alpha value is -1.74. The molecule has 8 heteroatoms. The van der Waals surface area contributed by atoms with Crippen LogP contribution < -0.4 is 5.32 Å². The zero-order valence-corrected chi connectivity index (χ0v) is 17.3. The Labute approximate surface area is 167 Å². The molecular weight excluding hydrogens is 432 g/mol. The van der Waals surface area contributed by atoms with Crippen LogP contribution in [0, 0.1) is 0 Å². The first kappa shape index (κ1) is 20.0. The number of ether oxygens (including phenoxy) is 1. The van der Waals surface area contributed by atoms with Crippen LogP contribution in [0.4, 0.5) is 5.69 Å². The van der Waals surface area contributed by atoms with Gasteiger partial charge >= 0.3 is 0 Å². The first-order chi connectivity index (χ1) is 12.9. The van der Waals surface area contributed by atoms with Gasteiger partial charge in [0.25, 0.3) is 5.91 Å². The highest BCUT2D eigenvalue weighted by Gasteiger charge is 2.29. The fourth-order valence-electron chi connectivity index (χ4n) is 2.89. The number of halogens is 1. The molecule has 1 amide bonds. The summed E-state index contributed by atoms with van der Waals surface area (Å²) >= 11 is 3.35. The molecule has 1 aliphatic rings. The summed E-state index contributed by atoms with van der Waals surface area (Å²) in [6.07, 6.45) is 0.563. The summed E-state index contributed by atoms with van der Waals surface area (Å²) in [5.74, 6) is -0.349. The lowest BCUT2D eigenvalue weighted by Crippen LogP contribution is -2.41. The molecule has 0 saturated carbocycles. The van der Waals surface area contributed by atoms with Crippen molar-refractivity contribution in [3.05, 3.63) is 58.1 Å². The number of sulfonamides is 1. The Bertz CT molecular complexity index is 923. The molecule has 1 N–H and O–H groups in total. The summed E-state index contributed by atoms with van der Waals surface area (Å²) in [7, 11) is -3.67. The molecule has 0 radical (unpaired) electrons. The van der Waals surface area contributed by atoms with E-state index in [0.717, 1.165) is 4.47 Å². The Morgan fingerprint density at radius 1 is 1.15 bits per heavy atom. The Morgan fingerprint density at radius 2 is 1.81 bits per heavy atom. The van der Waals surface area contributed by atoms with Crippen LogP contribution in [0.15, 0.2) is 51.8 Å². The largest absolute Gasteiger partial charge is 0.379 e.